The Morgan fingerprint density at radius 3 is 2.71 bits per heavy atom. The number of carbonyl (C=O) groups excluding carboxylic acids is 1. The van der Waals surface area contributed by atoms with Gasteiger partial charge in [0.1, 0.15) is 0 Å². The summed E-state index contributed by atoms with van der Waals surface area (Å²) in [6.07, 6.45) is 1.89. The molecule has 1 saturated heterocycles. The number of rotatable bonds is 4. The van der Waals surface area contributed by atoms with E-state index in [-0.39, 0.29) is 11.9 Å². The number of hydrogen-bond donors (Lipinski definition) is 1. The minimum atomic E-state index is 0.0127. The van der Waals surface area contributed by atoms with Gasteiger partial charge in [-0.05, 0) is 25.3 Å². The van der Waals surface area contributed by atoms with Gasteiger partial charge >= 0.3 is 0 Å². The van der Waals surface area contributed by atoms with Gasteiger partial charge in [-0.2, -0.15) is 0 Å². The predicted molar refractivity (Wildman–Crippen MR) is 68.8 cm³/mol. The van der Waals surface area contributed by atoms with Crippen molar-refractivity contribution in [3.05, 3.63) is 35.9 Å². The molecule has 0 spiro atoms. The summed E-state index contributed by atoms with van der Waals surface area (Å²) in [7, 11) is 1.87. The van der Waals surface area contributed by atoms with Crippen LogP contribution in [-0.2, 0) is 11.2 Å². The van der Waals surface area contributed by atoms with Crippen molar-refractivity contribution in [3.8, 4) is 0 Å². The van der Waals surface area contributed by atoms with E-state index in [1.165, 1.54) is 5.56 Å². The van der Waals surface area contributed by atoms with Crippen molar-refractivity contribution in [1.82, 2.24) is 10.2 Å². The van der Waals surface area contributed by atoms with Crippen LogP contribution >= 0.6 is 0 Å². The van der Waals surface area contributed by atoms with Crippen LogP contribution in [-0.4, -0.2) is 36.5 Å². The fourth-order valence-electron chi connectivity index (χ4n) is 2.35. The van der Waals surface area contributed by atoms with E-state index in [0.717, 1.165) is 19.4 Å². The number of amides is 1. The van der Waals surface area contributed by atoms with Crippen molar-refractivity contribution in [3.63, 3.8) is 0 Å². The molecule has 1 aliphatic rings. The lowest BCUT2D eigenvalue weighted by Crippen LogP contribution is -2.42. The maximum Gasteiger partial charge on any atom is 0.239 e. The number of likely N-dealkylation sites (N-methyl/N-ethyl adjacent to an activating group) is 1. The quantitative estimate of drug-likeness (QED) is 0.852. The second-order valence-corrected chi connectivity index (χ2v) is 4.86. The molecule has 0 bridgehead atoms. The summed E-state index contributed by atoms with van der Waals surface area (Å²) in [6, 6.07) is 10.7. The lowest BCUT2D eigenvalue weighted by Gasteiger charge is -2.18. The maximum atomic E-state index is 11.8. The van der Waals surface area contributed by atoms with E-state index in [1.807, 2.05) is 13.1 Å². The highest BCUT2D eigenvalue weighted by atomic mass is 16.2. The van der Waals surface area contributed by atoms with Crippen LogP contribution < -0.4 is 5.32 Å². The molecule has 17 heavy (non-hydrogen) atoms. The number of nitrogens with one attached hydrogen (secondary N) is 1. The Labute approximate surface area is 103 Å². The Morgan fingerprint density at radius 2 is 2.12 bits per heavy atom. The fraction of sp³-hybridized carbons (Fsp3) is 0.500. The van der Waals surface area contributed by atoms with Crippen LogP contribution in [0.5, 0.6) is 0 Å². The lowest BCUT2D eigenvalue weighted by molar-refractivity contribution is -0.128. The highest BCUT2D eigenvalue weighted by Crippen LogP contribution is 2.11. The molecule has 1 aliphatic heterocycles. The summed E-state index contributed by atoms with van der Waals surface area (Å²) in [5, 5.41) is 3.42. The topological polar surface area (TPSA) is 32.3 Å². The first-order chi connectivity index (χ1) is 8.16. The molecule has 1 aromatic carbocycles. The number of carbonyl (C=O) groups is 1. The van der Waals surface area contributed by atoms with Gasteiger partial charge in [0.2, 0.25) is 5.91 Å². The number of hydrogen-bond acceptors (Lipinski definition) is 2. The van der Waals surface area contributed by atoms with E-state index in [4.69, 9.17) is 0 Å². The van der Waals surface area contributed by atoms with Gasteiger partial charge in [-0.3, -0.25) is 4.79 Å². The maximum absolute atomic E-state index is 11.8. The van der Waals surface area contributed by atoms with Gasteiger partial charge in [0.15, 0.2) is 0 Å². The summed E-state index contributed by atoms with van der Waals surface area (Å²) >= 11 is 0. The molecule has 0 saturated carbocycles. The average molecular weight is 232 g/mol. The highest BCUT2D eigenvalue weighted by molar-refractivity contribution is 5.83. The van der Waals surface area contributed by atoms with Crippen molar-refractivity contribution < 1.29 is 4.79 Å². The SMILES string of the molecule is CC(Cc1ccccc1)NC1CCN(C)C1=O. The zero-order chi connectivity index (χ0) is 12.3. The van der Waals surface area contributed by atoms with Crippen LogP contribution in [0.2, 0.25) is 0 Å². The molecule has 1 heterocycles. The van der Waals surface area contributed by atoms with Gasteiger partial charge in [-0.25, -0.2) is 0 Å². The number of benzene rings is 1. The first-order valence-electron chi connectivity index (χ1n) is 6.22. The molecule has 0 aliphatic carbocycles. The summed E-state index contributed by atoms with van der Waals surface area (Å²) in [4.78, 5) is 13.6. The molecule has 1 N–H and O–H groups in total. The largest absolute Gasteiger partial charge is 0.344 e. The molecule has 1 fully saturated rings. The Bertz CT molecular complexity index is 377. The Morgan fingerprint density at radius 1 is 1.41 bits per heavy atom. The third kappa shape index (κ3) is 3.07. The van der Waals surface area contributed by atoms with E-state index in [1.54, 1.807) is 4.90 Å². The van der Waals surface area contributed by atoms with Gasteiger partial charge < -0.3 is 10.2 Å². The summed E-state index contributed by atoms with van der Waals surface area (Å²) < 4.78 is 0. The third-order valence-electron chi connectivity index (χ3n) is 3.30. The molecule has 1 amide bonds. The minimum Gasteiger partial charge on any atom is -0.344 e. The van der Waals surface area contributed by atoms with E-state index < -0.39 is 0 Å². The first kappa shape index (κ1) is 12.1. The normalized spacial score (nSPS) is 21.9. The molecule has 1 aromatic rings. The zero-order valence-electron chi connectivity index (χ0n) is 10.5. The van der Waals surface area contributed by atoms with Crippen LogP contribution in [0.1, 0.15) is 18.9 Å². The molecule has 3 heteroatoms. The summed E-state index contributed by atoms with van der Waals surface area (Å²) in [5.41, 5.74) is 1.31. The second-order valence-electron chi connectivity index (χ2n) is 4.86. The van der Waals surface area contributed by atoms with Crippen molar-refractivity contribution in [2.45, 2.75) is 31.8 Å². The molecule has 2 atom stereocenters. The molecular formula is C14H20N2O. The fourth-order valence-corrected chi connectivity index (χ4v) is 2.35. The monoisotopic (exact) mass is 232 g/mol. The molecule has 0 radical (unpaired) electrons. The Balaban J connectivity index is 1.86. The lowest BCUT2D eigenvalue weighted by atomic mass is 10.1. The smallest absolute Gasteiger partial charge is 0.239 e. The van der Waals surface area contributed by atoms with Crippen molar-refractivity contribution in [1.29, 1.82) is 0 Å². The summed E-state index contributed by atoms with van der Waals surface area (Å²) in [6.45, 7) is 3.01. The second kappa shape index (κ2) is 5.32. The molecule has 3 nitrogen and oxygen atoms in total. The predicted octanol–water partition coefficient (Wildman–Crippen LogP) is 1.44. The molecule has 0 aromatic heterocycles. The first-order valence-corrected chi connectivity index (χ1v) is 6.22. The summed E-state index contributed by atoms with van der Waals surface area (Å²) in [5.74, 6) is 0.227. The van der Waals surface area contributed by atoms with Crippen LogP contribution in [0.4, 0.5) is 0 Å². The highest BCUT2D eigenvalue weighted by Gasteiger charge is 2.29. The van der Waals surface area contributed by atoms with Crippen LogP contribution in [0.15, 0.2) is 30.3 Å². The van der Waals surface area contributed by atoms with Crippen molar-refractivity contribution in [2.75, 3.05) is 13.6 Å². The van der Waals surface area contributed by atoms with E-state index in [0.29, 0.717) is 6.04 Å². The minimum absolute atomic E-state index is 0.0127. The molecule has 2 rings (SSSR count). The van der Waals surface area contributed by atoms with E-state index >= 15 is 0 Å². The van der Waals surface area contributed by atoms with Gasteiger partial charge in [0, 0.05) is 19.6 Å². The molecular weight excluding hydrogens is 212 g/mol. The Hall–Kier alpha value is -1.35. The van der Waals surface area contributed by atoms with E-state index in [9.17, 15) is 4.79 Å². The van der Waals surface area contributed by atoms with Gasteiger partial charge in [0.25, 0.3) is 0 Å². The van der Waals surface area contributed by atoms with Gasteiger partial charge in [0.05, 0.1) is 6.04 Å². The van der Waals surface area contributed by atoms with Crippen molar-refractivity contribution in [2.24, 2.45) is 0 Å². The third-order valence-corrected chi connectivity index (χ3v) is 3.30. The number of nitrogens with zero attached hydrogens (tertiary/aromatic N) is 1. The Kier molecular flexibility index (Phi) is 3.79. The standard InChI is InChI=1S/C14H20N2O/c1-11(10-12-6-4-3-5-7-12)15-13-8-9-16(2)14(13)17/h3-7,11,13,15H,8-10H2,1-2H3. The zero-order valence-corrected chi connectivity index (χ0v) is 10.5. The van der Waals surface area contributed by atoms with Crippen molar-refractivity contribution >= 4 is 5.91 Å². The van der Waals surface area contributed by atoms with Crippen LogP contribution in [0, 0.1) is 0 Å². The number of likely N-dealkylation sites (tertiary alicyclic amines) is 1. The molecule has 2 unspecified atom stereocenters. The average Bonchev–Trinajstić information content (AvgIpc) is 2.62. The van der Waals surface area contributed by atoms with Gasteiger partial charge in [-0.15, -0.1) is 0 Å². The molecule has 92 valence electrons. The van der Waals surface area contributed by atoms with Crippen LogP contribution in [0.25, 0.3) is 0 Å². The van der Waals surface area contributed by atoms with Gasteiger partial charge in [-0.1, -0.05) is 30.3 Å². The van der Waals surface area contributed by atoms with Crippen LogP contribution in [0.3, 0.4) is 0 Å². The van der Waals surface area contributed by atoms with E-state index in [2.05, 4.69) is 36.5 Å².